The average Bonchev–Trinajstić information content (AvgIpc) is 2.65. The normalized spacial score (nSPS) is 23.4. The smallest absolute Gasteiger partial charge is 0.317 e. The summed E-state index contributed by atoms with van der Waals surface area (Å²) in [5.74, 6) is -1.10. The lowest BCUT2D eigenvalue weighted by molar-refractivity contribution is -0.153. The number of hydrogen-bond acceptors (Lipinski definition) is 5. The summed E-state index contributed by atoms with van der Waals surface area (Å²) in [5, 5.41) is 0. The number of rotatable bonds is 6. The van der Waals surface area contributed by atoms with Gasteiger partial charge in [-0.05, 0) is 12.5 Å². The molecule has 0 spiro atoms. The molecule has 0 N–H and O–H groups in total. The fourth-order valence-corrected chi connectivity index (χ4v) is 4.37. The number of methoxy groups -OCH3 is 2. The quantitative estimate of drug-likeness (QED) is 0.299. The standard InChI is InChI=1S/C11H20O5Si/c1-5-8(17-11(2,14-3)15-4)7-6-9(12)16-10(7)13/h7-8H,5-6,17H2,1-4H3. The molecule has 2 unspecified atom stereocenters. The molecule has 5 nitrogen and oxygen atoms in total. The van der Waals surface area contributed by atoms with Crippen molar-refractivity contribution in [3.63, 3.8) is 0 Å². The van der Waals surface area contributed by atoms with E-state index in [1.54, 1.807) is 14.2 Å². The average molecular weight is 260 g/mol. The Kier molecular flexibility index (Phi) is 4.85. The van der Waals surface area contributed by atoms with Crippen molar-refractivity contribution in [2.75, 3.05) is 14.2 Å². The predicted octanol–water partition coefficient (Wildman–Crippen LogP) is 0.410. The highest BCUT2D eigenvalue weighted by atomic mass is 28.2. The van der Waals surface area contributed by atoms with Crippen LogP contribution in [0, 0.1) is 5.92 Å². The van der Waals surface area contributed by atoms with Crippen molar-refractivity contribution < 1.29 is 23.8 Å². The molecular formula is C11H20O5Si. The first kappa shape index (κ1) is 14.3. The van der Waals surface area contributed by atoms with E-state index in [2.05, 4.69) is 4.74 Å². The van der Waals surface area contributed by atoms with Crippen LogP contribution in [0.4, 0.5) is 0 Å². The lowest BCUT2D eigenvalue weighted by Crippen LogP contribution is -2.41. The van der Waals surface area contributed by atoms with Gasteiger partial charge >= 0.3 is 11.9 Å². The molecule has 1 aliphatic rings. The van der Waals surface area contributed by atoms with E-state index >= 15 is 0 Å². The summed E-state index contributed by atoms with van der Waals surface area (Å²) in [6.07, 6.45) is 1.04. The number of hydrogen-bond donors (Lipinski definition) is 0. The maximum Gasteiger partial charge on any atom is 0.317 e. The maximum absolute atomic E-state index is 11.5. The van der Waals surface area contributed by atoms with E-state index in [1.807, 2.05) is 13.8 Å². The van der Waals surface area contributed by atoms with Crippen molar-refractivity contribution in [1.82, 2.24) is 0 Å². The van der Waals surface area contributed by atoms with Crippen LogP contribution in [-0.4, -0.2) is 41.1 Å². The van der Waals surface area contributed by atoms with E-state index in [-0.39, 0.29) is 23.8 Å². The third kappa shape index (κ3) is 3.37. The van der Waals surface area contributed by atoms with E-state index in [0.717, 1.165) is 6.42 Å². The Morgan fingerprint density at radius 1 is 1.47 bits per heavy atom. The number of cyclic esters (lactones) is 2. The van der Waals surface area contributed by atoms with Gasteiger partial charge in [-0.3, -0.25) is 9.59 Å². The second kappa shape index (κ2) is 5.75. The van der Waals surface area contributed by atoms with E-state index in [0.29, 0.717) is 0 Å². The Balaban J connectivity index is 2.72. The molecule has 1 aliphatic heterocycles. The number of carbonyl (C=O) groups excluding carboxylic acids is 2. The fourth-order valence-electron chi connectivity index (χ4n) is 2.15. The summed E-state index contributed by atoms with van der Waals surface area (Å²) in [4.78, 5) is 22.6. The van der Waals surface area contributed by atoms with Gasteiger partial charge in [0.15, 0.2) is 0 Å². The molecule has 0 aromatic rings. The lowest BCUT2D eigenvalue weighted by Gasteiger charge is -2.31. The van der Waals surface area contributed by atoms with Gasteiger partial charge in [-0.1, -0.05) is 13.3 Å². The van der Waals surface area contributed by atoms with Crippen LogP contribution in [0.1, 0.15) is 26.7 Å². The van der Waals surface area contributed by atoms with Gasteiger partial charge in [0.1, 0.15) is 5.41 Å². The summed E-state index contributed by atoms with van der Waals surface area (Å²) >= 11 is 0. The highest BCUT2D eigenvalue weighted by Gasteiger charge is 2.41. The van der Waals surface area contributed by atoms with Crippen molar-refractivity contribution >= 4 is 21.5 Å². The van der Waals surface area contributed by atoms with Gasteiger partial charge in [-0.25, -0.2) is 0 Å². The molecule has 98 valence electrons. The van der Waals surface area contributed by atoms with Crippen LogP contribution in [0.15, 0.2) is 0 Å². The number of ether oxygens (including phenoxy) is 3. The van der Waals surface area contributed by atoms with Crippen LogP contribution in [0.2, 0.25) is 5.54 Å². The Morgan fingerprint density at radius 3 is 2.41 bits per heavy atom. The van der Waals surface area contributed by atoms with Crippen molar-refractivity contribution in [1.29, 1.82) is 0 Å². The summed E-state index contributed by atoms with van der Waals surface area (Å²) in [6, 6.07) is 0. The molecule has 0 bridgehead atoms. The number of esters is 2. The Morgan fingerprint density at radius 2 is 2.06 bits per heavy atom. The molecule has 17 heavy (non-hydrogen) atoms. The third-order valence-corrected chi connectivity index (χ3v) is 6.48. The summed E-state index contributed by atoms with van der Waals surface area (Å²) in [7, 11) is 2.36. The minimum absolute atomic E-state index is 0.166. The van der Waals surface area contributed by atoms with Crippen LogP contribution in [0.3, 0.4) is 0 Å². The van der Waals surface area contributed by atoms with Crippen LogP contribution >= 0.6 is 0 Å². The van der Waals surface area contributed by atoms with E-state index in [9.17, 15) is 9.59 Å². The highest BCUT2D eigenvalue weighted by molar-refractivity contribution is 6.41. The van der Waals surface area contributed by atoms with Gasteiger partial charge < -0.3 is 14.2 Å². The largest absolute Gasteiger partial charge is 0.393 e. The molecule has 0 aliphatic carbocycles. The molecule has 1 fully saturated rings. The van der Waals surface area contributed by atoms with Gasteiger partial charge in [0.05, 0.1) is 21.9 Å². The maximum atomic E-state index is 11.5. The van der Waals surface area contributed by atoms with Crippen molar-refractivity contribution in [3.8, 4) is 0 Å². The summed E-state index contributed by atoms with van der Waals surface area (Å²) in [6.45, 7) is 3.89. The molecule has 1 rings (SSSR count). The van der Waals surface area contributed by atoms with Crippen molar-refractivity contribution in [2.45, 2.75) is 37.6 Å². The van der Waals surface area contributed by atoms with Crippen LogP contribution in [0.5, 0.6) is 0 Å². The van der Waals surface area contributed by atoms with Crippen LogP contribution in [0.25, 0.3) is 0 Å². The van der Waals surface area contributed by atoms with E-state index in [4.69, 9.17) is 9.47 Å². The van der Waals surface area contributed by atoms with Gasteiger partial charge in [-0.15, -0.1) is 0 Å². The van der Waals surface area contributed by atoms with Crippen LogP contribution in [-0.2, 0) is 23.8 Å². The molecule has 0 radical (unpaired) electrons. The third-order valence-electron chi connectivity index (χ3n) is 3.49. The Labute approximate surface area is 104 Å². The SMILES string of the molecule is CCC([SiH2]C(C)(OC)OC)C1CC(=O)OC1=O. The number of carbonyl (C=O) groups is 2. The molecule has 0 saturated carbocycles. The van der Waals surface area contributed by atoms with Gasteiger partial charge in [0.25, 0.3) is 0 Å². The van der Waals surface area contributed by atoms with Gasteiger partial charge in [0, 0.05) is 14.2 Å². The Bertz CT molecular complexity index is 300. The van der Waals surface area contributed by atoms with Crippen LogP contribution < -0.4 is 0 Å². The first-order valence-corrected chi connectivity index (χ1v) is 7.33. The second-order valence-electron chi connectivity index (χ2n) is 4.52. The first-order chi connectivity index (χ1) is 7.95. The zero-order valence-corrected chi connectivity index (χ0v) is 12.2. The van der Waals surface area contributed by atoms with Crippen molar-refractivity contribution in [3.05, 3.63) is 0 Å². The minimum atomic E-state index is -0.839. The molecule has 0 amide bonds. The van der Waals surface area contributed by atoms with Gasteiger partial charge in [0.2, 0.25) is 0 Å². The summed E-state index contributed by atoms with van der Waals surface area (Å²) in [5.41, 5.74) is -0.425. The molecule has 1 saturated heterocycles. The molecular weight excluding hydrogens is 240 g/mol. The molecule has 1 heterocycles. The van der Waals surface area contributed by atoms with E-state index in [1.165, 1.54) is 0 Å². The van der Waals surface area contributed by atoms with E-state index < -0.39 is 20.9 Å². The molecule has 2 atom stereocenters. The van der Waals surface area contributed by atoms with Crippen molar-refractivity contribution in [2.24, 2.45) is 5.92 Å². The molecule has 0 aromatic carbocycles. The molecule has 0 aromatic heterocycles. The predicted molar refractivity (Wildman–Crippen MR) is 64.2 cm³/mol. The Hall–Kier alpha value is -0.723. The summed E-state index contributed by atoms with van der Waals surface area (Å²) < 4.78 is 15.3. The van der Waals surface area contributed by atoms with Gasteiger partial charge in [-0.2, -0.15) is 0 Å². The fraction of sp³-hybridized carbons (Fsp3) is 0.818. The zero-order valence-electron chi connectivity index (χ0n) is 10.8. The topological polar surface area (TPSA) is 61.8 Å². The highest BCUT2D eigenvalue weighted by Crippen LogP contribution is 2.33. The zero-order chi connectivity index (χ0) is 13.1. The second-order valence-corrected chi connectivity index (χ2v) is 7.26. The minimum Gasteiger partial charge on any atom is -0.393 e. The first-order valence-electron chi connectivity index (χ1n) is 5.80. The monoisotopic (exact) mass is 260 g/mol. The lowest BCUT2D eigenvalue weighted by atomic mass is 10.0. The molecule has 6 heteroatoms.